The van der Waals surface area contributed by atoms with Crippen molar-refractivity contribution in [1.29, 1.82) is 0 Å². The van der Waals surface area contributed by atoms with Gasteiger partial charge in [0, 0.05) is 6.20 Å². The molecule has 2 aromatic rings. The maximum absolute atomic E-state index is 10.8. The van der Waals surface area contributed by atoms with Crippen molar-refractivity contribution in [3.63, 3.8) is 0 Å². The first kappa shape index (κ1) is 9.13. The lowest BCUT2D eigenvalue weighted by atomic mass is 10.4. The first-order chi connectivity index (χ1) is 7.16. The molecule has 0 aliphatic heterocycles. The Morgan fingerprint density at radius 1 is 1.33 bits per heavy atom. The van der Waals surface area contributed by atoms with Crippen LogP contribution in [0.3, 0.4) is 0 Å². The van der Waals surface area contributed by atoms with Crippen molar-refractivity contribution in [2.24, 2.45) is 5.73 Å². The molecule has 2 heterocycles. The number of anilines is 1. The van der Waals surface area contributed by atoms with Crippen LogP contribution in [-0.2, 0) is 0 Å². The molecule has 0 radical (unpaired) electrons. The zero-order valence-corrected chi connectivity index (χ0v) is 7.66. The molecule has 2 rings (SSSR count). The molecule has 0 atom stereocenters. The van der Waals surface area contributed by atoms with E-state index in [2.05, 4.69) is 15.1 Å². The van der Waals surface area contributed by atoms with Crippen molar-refractivity contribution in [3.05, 3.63) is 30.4 Å². The Kier molecular flexibility index (Phi) is 2.05. The molecule has 2 aromatic heterocycles. The van der Waals surface area contributed by atoms with Gasteiger partial charge < -0.3 is 11.5 Å². The Bertz CT molecular complexity index is 488. The second-order valence-corrected chi connectivity index (χ2v) is 2.83. The minimum Gasteiger partial charge on any atom is -0.396 e. The van der Waals surface area contributed by atoms with E-state index in [0.29, 0.717) is 11.6 Å². The number of aromatic nitrogens is 4. The summed E-state index contributed by atoms with van der Waals surface area (Å²) >= 11 is 0. The molecular formula is C8H8N6O. The van der Waals surface area contributed by atoms with E-state index >= 15 is 0 Å². The topological polar surface area (TPSA) is 113 Å². The van der Waals surface area contributed by atoms with Crippen LogP contribution in [-0.4, -0.2) is 25.7 Å². The van der Waals surface area contributed by atoms with E-state index < -0.39 is 5.91 Å². The van der Waals surface area contributed by atoms with Gasteiger partial charge in [-0.05, 0) is 6.07 Å². The van der Waals surface area contributed by atoms with Crippen molar-refractivity contribution < 1.29 is 4.79 Å². The van der Waals surface area contributed by atoms with Gasteiger partial charge in [-0.2, -0.15) is 5.10 Å². The summed E-state index contributed by atoms with van der Waals surface area (Å²) in [6.07, 6.45) is 4.45. The van der Waals surface area contributed by atoms with Crippen molar-refractivity contribution in [3.8, 4) is 5.95 Å². The van der Waals surface area contributed by atoms with E-state index in [0.717, 1.165) is 0 Å². The number of carbonyl (C=O) groups excluding carboxylic acids is 1. The number of primary amides is 1. The fourth-order valence-corrected chi connectivity index (χ4v) is 1.02. The summed E-state index contributed by atoms with van der Waals surface area (Å²) in [7, 11) is 0. The zero-order valence-electron chi connectivity index (χ0n) is 7.66. The lowest BCUT2D eigenvalue weighted by Gasteiger charge is -1.98. The summed E-state index contributed by atoms with van der Waals surface area (Å²) in [5.41, 5.74) is 11.1. The third-order valence-electron chi connectivity index (χ3n) is 1.70. The van der Waals surface area contributed by atoms with E-state index in [1.807, 2.05) is 0 Å². The molecule has 0 spiro atoms. The average Bonchev–Trinajstić information content (AvgIpc) is 2.68. The van der Waals surface area contributed by atoms with Gasteiger partial charge >= 0.3 is 0 Å². The third-order valence-corrected chi connectivity index (χ3v) is 1.70. The lowest BCUT2D eigenvalue weighted by Crippen LogP contribution is -2.12. The molecule has 0 fully saturated rings. The van der Waals surface area contributed by atoms with Gasteiger partial charge in [0.1, 0.15) is 5.69 Å². The van der Waals surface area contributed by atoms with Crippen LogP contribution in [0.2, 0.25) is 0 Å². The second kappa shape index (κ2) is 3.37. The molecule has 4 N–H and O–H groups in total. The molecule has 15 heavy (non-hydrogen) atoms. The monoisotopic (exact) mass is 204 g/mol. The van der Waals surface area contributed by atoms with Gasteiger partial charge in [0.25, 0.3) is 11.9 Å². The maximum Gasteiger partial charge on any atom is 0.269 e. The summed E-state index contributed by atoms with van der Waals surface area (Å²) in [4.78, 5) is 18.7. The van der Waals surface area contributed by atoms with Crippen LogP contribution in [0.5, 0.6) is 0 Å². The van der Waals surface area contributed by atoms with Gasteiger partial charge in [-0.3, -0.25) is 4.79 Å². The summed E-state index contributed by atoms with van der Waals surface area (Å²) in [6.45, 7) is 0. The highest BCUT2D eigenvalue weighted by atomic mass is 16.1. The minimum atomic E-state index is -0.593. The minimum absolute atomic E-state index is 0.162. The number of nitrogens with zero attached hydrogens (tertiary/aromatic N) is 4. The van der Waals surface area contributed by atoms with Gasteiger partial charge in [0.05, 0.1) is 18.1 Å². The molecule has 0 saturated heterocycles. The molecular weight excluding hydrogens is 196 g/mol. The number of rotatable bonds is 2. The third kappa shape index (κ3) is 1.75. The Morgan fingerprint density at radius 3 is 2.53 bits per heavy atom. The van der Waals surface area contributed by atoms with Crippen molar-refractivity contribution in [2.45, 2.75) is 0 Å². The molecule has 7 heteroatoms. The highest BCUT2D eigenvalue weighted by Gasteiger charge is 2.06. The van der Waals surface area contributed by atoms with Gasteiger partial charge in [-0.15, -0.1) is 0 Å². The van der Waals surface area contributed by atoms with Crippen LogP contribution in [0.1, 0.15) is 10.5 Å². The number of hydrogen-bond acceptors (Lipinski definition) is 5. The number of nitrogens with two attached hydrogens (primary N) is 2. The van der Waals surface area contributed by atoms with Gasteiger partial charge in [0.15, 0.2) is 0 Å². The second-order valence-electron chi connectivity index (χ2n) is 2.83. The predicted molar refractivity (Wildman–Crippen MR) is 52.1 cm³/mol. The Balaban J connectivity index is 2.37. The quantitative estimate of drug-likeness (QED) is 0.674. The predicted octanol–water partition coefficient (Wildman–Crippen LogP) is -0.657. The van der Waals surface area contributed by atoms with E-state index in [1.54, 1.807) is 6.20 Å². The van der Waals surface area contributed by atoms with Crippen LogP contribution in [0.25, 0.3) is 5.95 Å². The highest BCUT2D eigenvalue weighted by Crippen LogP contribution is 2.02. The molecule has 0 unspecified atom stereocenters. The lowest BCUT2D eigenvalue weighted by molar-refractivity contribution is 0.0995. The Morgan fingerprint density at radius 2 is 2.00 bits per heavy atom. The Hall–Kier alpha value is -2.44. The fourth-order valence-electron chi connectivity index (χ4n) is 1.02. The van der Waals surface area contributed by atoms with E-state index in [9.17, 15) is 4.79 Å². The zero-order chi connectivity index (χ0) is 10.8. The summed E-state index contributed by atoms with van der Waals surface area (Å²) in [5, 5.41) is 3.89. The molecule has 0 bridgehead atoms. The van der Waals surface area contributed by atoms with Crippen molar-refractivity contribution >= 4 is 11.6 Å². The first-order valence-electron chi connectivity index (χ1n) is 4.10. The maximum atomic E-state index is 10.8. The number of nitrogen functional groups attached to an aromatic ring is 1. The molecule has 1 amide bonds. The average molecular weight is 204 g/mol. The smallest absolute Gasteiger partial charge is 0.269 e. The summed E-state index contributed by atoms with van der Waals surface area (Å²) in [5.74, 6) is -0.263. The standard InChI is InChI=1S/C8H8N6O/c9-5-3-11-8(12-4-5)14-2-1-6(13-14)7(10)15/h1-4H,9H2,(H2,10,15). The molecule has 7 nitrogen and oxygen atoms in total. The summed E-state index contributed by atoms with van der Waals surface area (Å²) < 4.78 is 1.35. The molecule has 0 saturated carbocycles. The van der Waals surface area contributed by atoms with E-state index in [-0.39, 0.29) is 5.69 Å². The van der Waals surface area contributed by atoms with Crippen LogP contribution in [0.4, 0.5) is 5.69 Å². The van der Waals surface area contributed by atoms with Gasteiger partial charge in [-0.1, -0.05) is 0 Å². The first-order valence-corrected chi connectivity index (χ1v) is 4.10. The van der Waals surface area contributed by atoms with Crippen molar-refractivity contribution in [2.75, 3.05) is 5.73 Å². The van der Waals surface area contributed by atoms with Crippen LogP contribution in [0, 0.1) is 0 Å². The Labute approximate surface area is 84.7 Å². The fraction of sp³-hybridized carbons (Fsp3) is 0. The van der Waals surface area contributed by atoms with Crippen LogP contribution < -0.4 is 11.5 Å². The van der Waals surface area contributed by atoms with E-state index in [4.69, 9.17) is 11.5 Å². The number of hydrogen-bond donors (Lipinski definition) is 2. The number of carbonyl (C=O) groups is 1. The largest absolute Gasteiger partial charge is 0.396 e. The molecule has 0 aromatic carbocycles. The van der Waals surface area contributed by atoms with Gasteiger partial charge in [0.2, 0.25) is 0 Å². The van der Waals surface area contributed by atoms with Crippen LogP contribution >= 0.6 is 0 Å². The molecule has 0 aliphatic carbocycles. The number of amides is 1. The normalized spacial score (nSPS) is 10.1. The highest BCUT2D eigenvalue weighted by molar-refractivity contribution is 5.90. The summed E-state index contributed by atoms with van der Waals surface area (Å²) in [6, 6.07) is 1.49. The van der Waals surface area contributed by atoms with E-state index in [1.165, 1.54) is 23.1 Å². The van der Waals surface area contributed by atoms with Gasteiger partial charge in [-0.25, -0.2) is 14.6 Å². The molecule has 76 valence electrons. The van der Waals surface area contributed by atoms with Crippen molar-refractivity contribution in [1.82, 2.24) is 19.7 Å². The SMILES string of the molecule is NC(=O)c1ccn(-c2ncc(N)cn2)n1. The van der Waals surface area contributed by atoms with Crippen LogP contribution in [0.15, 0.2) is 24.7 Å². The molecule has 0 aliphatic rings.